The number of hydrogen-bond acceptors (Lipinski definition) is 2. The van der Waals surface area contributed by atoms with Gasteiger partial charge in [0, 0.05) is 19.0 Å². The Hall–Kier alpha value is -2.92. The fraction of sp³-hybridized carbons (Fsp3) is 0.320. The number of benzene rings is 3. The van der Waals surface area contributed by atoms with Gasteiger partial charge in [-0.3, -0.25) is 0 Å². The van der Waals surface area contributed by atoms with Gasteiger partial charge >= 0.3 is 6.09 Å². The topological polar surface area (TPSA) is 52.6 Å². The summed E-state index contributed by atoms with van der Waals surface area (Å²) in [5, 5.41) is 15.6. The molecule has 1 heterocycles. The number of carboxylic acid groups (broad SMARTS) is 1. The first-order valence-corrected chi connectivity index (χ1v) is 10.5. The maximum Gasteiger partial charge on any atom is 0.407 e. The third-order valence-electron chi connectivity index (χ3n) is 6.35. The summed E-state index contributed by atoms with van der Waals surface area (Å²) in [7, 11) is 0. The van der Waals surface area contributed by atoms with Crippen molar-refractivity contribution in [2.75, 3.05) is 19.6 Å². The highest BCUT2D eigenvalue weighted by atomic mass is 19.1. The molecule has 4 nitrogen and oxygen atoms in total. The zero-order chi connectivity index (χ0) is 21.1. The summed E-state index contributed by atoms with van der Waals surface area (Å²) >= 11 is 0. The van der Waals surface area contributed by atoms with E-state index in [9.17, 15) is 14.3 Å². The molecule has 0 bridgehead atoms. The third kappa shape index (κ3) is 4.03. The van der Waals surface area contributed by atoms with E-state index in [0.29, 0.717) is 18.7 Å². The van der Waals surface area contributed by atoms with Gasteiger partial charge in [-0.25, -0.2) is 9.18 Å². The van der Waals surface area contributed by atoms with Gasteiger partial charge in [-0.05, 0) is 53.8 Å². The molecule has 1 saturated heterocycles. The van der Waals surface area contributed by atoms with Gasteiger partial charge in [0.2, 0.25) is 0 Å². The lowest BCUT2D eigenvalue weighted by molar-refractivity contribution is 0.109. The summed E-state index contributed by atoms with van der Waals surface area (Å²) in [4.78, 5) is 13.8. The van der Waals surface area contributed by atoms with Crippen LogP contribution in [0, 0.1) is 11.7 Å². The molecule has 1 aliphatic heterocycles. The van der Waals surface area contributed by atoms with E-state index >= 15 is 0 Å². The van der Waals surface area contributed by atoms with Crippen LogP contribution in [0.1, 0.15) is 36.4 Å². The number of rotatable bonds is 5. The van der Waals surface area contributed by atoms with Crippen LogP contribution in [0.5, 0.6) is 0 Å². The van der Waals surface area contributed by atoms with Gasteiger partial charge in [0.25, 0.3) is 0 Å². The SMILES string of the molecule is C[C@H](c1cccc2ccccc12)N(CC1CCNCC1c1ccccc1F)C(=O)O. The molecule has 3 atom stereocenters. The Morgan fingerprint density at radius 2 is 1.87 bits per heavy atom. The first-order chi connectivity index (χ1) is 14.6. The molecule has 4 rings (SSSR count). The second-order valence-electron chi connectivity index (χ2n) is 8.06. The fourth-order valence-electron chi connectivity index (χ4n) is 4.71. The summed E-state index contributed by atoms with van der Waals surface area (Å²) in [6, 6.07) is 20.6. The van der Waals surface area contributed by atoms with Crippen molar-refractivity contribution in [1.82, 2.24) is 10.2 Å². The van der Waals surface area contributed by atoms with Crippen molar-refractivity contribution in [2.24, 2.45) is 5.92 Å². The van der Waals surface area contributed by atoms with Crippen molar-refractivity contribution in [3.05, 3.63) is 83.7 Å². The molecule has 156 valence electrons. The molecular formula is C25H27FN2O2. The Balaban J connectivity index is 1.64. The second kappa shape index (κ2) is 8.84. The summed E-state index contributed by atoms with van der Waals surface area (Å²) < 4.78 is 14.5. The lowest BCUT2D eigenvalue weighted by Gasteiger charge is -2.37. The van der Waals surface area contributed by atoms with Crippen molar-refractivity contribution in [3.63, 3.8) is 0 Å². The highest BCUT2D eigenvalue weighted by Gasteiger charge is 2.33. The zero-order valence-corrected chi connectivity index (χ0v) is 17.1. The largest absolute Gasteiger partial charge is 0.465 e. The molecule has 3 aromatic rings. The molecule has 0 radical (unpaired) electrons. The summed E-state index contributed by atoms with van der Waals surface area (Å²) in [5.41, 5.74) is 1.66. The number of nitrogens with one attached hydrogen (secondary N) is 1. The number of fused-ring (bicyclic) bond motifs is 1. The second-order valence-corrected chi connectivity index (χ2v) is 8.06. The predicted octanol–water partition coefficient (Wildman–Crippen LogP) is 5.41. The lowest BCUT2D eigenvalue weighted by atomic mass is 9.80. The molecule has 0 aliphatic carbocycles. The van der Waals surface area contributed by atoms with Crippen LogP contribution in [0.3, 0.4) is 0 Å². The highest BCUT2D eigenvalue weighted by molar-refractivity contribution is 5.86. The van der Waals surface area contributed by atoms with Crippen molar-refractivity contribution in [1.29, 1.82) is 0 Å². The fourth-order valence-corrected chi connectivity index (χ4v) is 4.71. The van der Waals surface area contributed by atoms with E-state index in [1.165, 1.54) is 11.0 Å². The van der Waals surface area contributed by atoms with E-state index in [1.807, 2.05) is 61.5 Å². The maximum atomic E-state index is 14.5. The van der Waals surface area contributed by atoms with Crippen LogP contribution in [-0.2, 0) is 0 Å². The van der Waals surface area contributed by atoms with E-state index in [2.05, 4.69) is 5.32 Å². The maximum absolute atomic E-state index is 14.5. The lowest BCUT2D eigenvalue weighted by Crippen LogP contribution is -2.44. The van der Waals surface area contributed by atoms with Crippen molar-refractivity contribution >= 4 is 16.9 Å². The van der Waals surface area contributed by atoms with E-state index in [1.54, 1.807) is 6.07 Å². The third-order valence-corrected chi connectivity index (χ3v) is 6.35. The first kappa shape index (κ1) is 20.4. The van der Waals surface area contributed by atoms with Gasteiger partial charge in [-0.1, -0.05) is 60.7 Å². The molecule has 0 aromatic heterocycles. The number of hydrogen-bond donors (Lipinski definition) is 2. The number of carbonyl (C=O) groups is 1. The minimum Gasteiger partial charge on any atom is -0.465 e. The van der Waals surface area contributed by atoms with Crippen LogP contribution in [0.2, 0.25) is 0 Å². The van der Waals surface area contributed by atoms with Crippen LogP contribution in [0.15, 0.2) is 66.7 Å². The van der Waals surface area contributed by atoms with E-state index < -0.39 is 6.09 Å². The molecule has 2 N–H and O–H groups in total. The molecule has 5 heteroatoms. The van der Waals surface area contributed by atoms with Crippen LogP contribution in [0.4, 0.5) is 9.18 Å². The van der Waals surface area contributed by atoms with E-state index in [-0.39, 0.29) is 23.7 Å². The molecule has 1 aliphatic rings. The van der Waals surface area contributed by atoms with Crippen LogP contribution in [0.25, 0.3) is 10.8 Å². The molecule has 2 unspecified atom stereocenters. The van der Waals surface area contributed by atoms with Crippen LogP contribution < -0.4 is 5.32 Å². The summed E-state index contributed by atoms with van der Waals surface area (Å²) in [6.07, 6.45) is -0.133. The average Bonchev–Trinajstić information content (AvgIpc) is 2.77. The number of halogens is 1. The van der Waals surface area contributed by atoms with Crippen molar-refractivity contribution in [3.8, 4) is 0 Å². The van der Waals surface area contributed by atoms with Gasteiger partial charge in [0.05, 0.1) is 6.04 Å². The average molecular weight is 407 g/mol. The Morgan fingerprint density at radius 1 is 1.13 bits per heavy atom. The molecular weight excluding hydrogens is 379 g/mol. The number of nitrogens with zero attached hydrogens (tertiary/aromatic N) is 1. The van der Waals surface area contributed by atoms with E-state index in [0.717, 1.165) is 29.3 Å². The van der Waals surface area contributed by atoms with Gasteiger partial charge in [0.15, 0.2) is 0 Å². The Bertz CT molecular complexity index is 1030. The van der Waals surface area contributed by atoms with Gasteiger partial charge < -0.3 is 15.3 Å². The highest BCUT2D eigenvalue weighted by Crippen LogP contribution is 2.35. The van der Waals surface area contributed by atoms with Gasteiger partial charge in [0.1, 0.15) is 5.82 Å². The minimum absolute atomic E-state index is 0.0525. The quantitative estimate of drug-likeness (QED) is 0.595. The van der Waals surface area contributed by atoms with Gasteiger partial charge in [-0.2, -0.15) is 0 Å². The standard InChI is InChI=1S/C25H27FN2O2/c1-17(20-11-6-8-18-7-2-3-9-21(18)20)28(25(29)30)16-19-13-14-27-15-23(19)22-10-4-5-12-24(22)26/h2-12,17,19,23,27H,13-16H2,1H3,(H,29,30)/t17-,19?,23?/m1/s1. The summed E-state index contributed by atoms with van der Waals surface area (Å²) in [6.45, 7) is 3.78. The number of amides is 1. The zero-order valence-electron chi connectivity index (χ0n) is 17.1. The Morgan fingerprint density at radius 3 is 2.67 bits per heavy atom. The minimum atomic E-state index is -0.943. The van der Waals surface area contributed by atoms with Crippen LogP contribution in [-0.4, -0.2) is 35.7 Å². The predicted molar refractivity (Wildman–Crippen MR) is 117 cm³/mol. The first-order valence-electron chi connectivity index (χ1n) is 10.5. The van der Waals surface area contributed by atoms with Gasteiger partial charge in [-0.15, -0.1) is 0 Å². The van der Waals surface area contributed by atoms with E-state index in [4.69, 9.17) is 0 Å². The normalized spacial score (nSPS) is 20.1. The molecule has 0 spiro atoms. The monoisotopic (exact) mass is 406 g/mol. The smallest absolute Gasteiger partial charge is 0.407 e. The Labute approximate surface area is 176 Å². The summed E-state index contributed by atoms with van der Waals surface area (Å²) in [5.74, 6) is -0.224. The number of piperidine rings is 1. The molecule has 0 saturated carbocycles. The van der Waals surface area contributed by atoms with Crippen molar-refractivity contribution in [2.45, 2.75) is 25.3 Å². The molecule has 30 heavy (non-hydrogen) atoms. The van der Waals surface area contributed by atoms with Crippen molar-refractivity contribution < 1.29 is 14.3 Å². The molecule has 3 aromatic carbocycles. The molecule has 1 amide bonds. The Kier molecular flexibility index (Phi) is 6.00. The van der Waals surface area contributed by atoms with Crippen LogP contribution >= 0.6 is 0 Å². The molecule has 1 fully saturated rings.